The number of nitrogens with one attached hydrogen (secondary N) is 2. The van der Waals surface area contributed by atoms with Crippen LogP contribution in [0.5, 0.6) is 0 Å². The lowest BCUT2D eigenvalue weighted by Crippen LogP contribution is -2.54. The Kier molecular flexibility index (Phi) is 6.46. The molecule has 9 heteroatoms. The van der Waals surface area contributed by atoms with Gasteiger partial charge < -0.3 is 14.6 Å². The summed E-state index contributed by atoms with van der Waals surface area (Å²) in [6.45, 7) is 4.96. The molecule has 0 radical (unpaired) electrons. The SMILES string of the molecule is C=C/C(OC1CC1)=C(\CC)OC(=O)NNCC(C)(O)C(F)(F)F. The number of rotatable bonds is 8. The lowest BCUT2D eigenvalue weighted by Gasteiger charge is -2.26. The Hall–Kier alpha value is -1.74. The summed E-state index contributed by atoms with van der Waals surface area (Å²) in [6, 6.07) is 0. The van der Waals surface area contributed by atoms with Crippen LogP contribution in [0, 0.1) is 0 Å². The molecular formula is C14H21F3N2O4. The Morgan fingerprint density at radius 2 is 2.04 bits per heavy atom. The van der Waals surface area contributed by atoms with Gasteiger partial charge in [-0.3, -0.25) is 5.43 Å². The van der Waals surface area contributed by atoms with E-state index in [1.807, 2.05) is 10.9 Å². The maximum Gasteiger partial charge on any atom is 0.426 e. The van der Waals surface area contributed by atoms with Gasteiger partial charge in [0.2, 0.25) is 0 Å². The van der Waals surface area contributed by atoms with Crippen LogP contribution in [0.4, 0.5) is 18.0 Å². The Morgan fingerprint density at radius 3 is 2.48 bits per heavy atom. The molecule has 132 valence electrons. The monoisotopic (exact) mass is 338 g/mol. The average Bonchev–Trinajstić information content (AvgIpc) is 3.25. The first-order chi connectivity index (χ1) is 10.6. The smallest absolute Gasteiger partial charge is 0.426 e. The summed E-state index contributed by atoms with van der Waals surface area (Å²) in [6.07, 6.45) is -2.19. The fourth-order valence-corrected chi connectivity index (χ4v) is 1.42. The van der Waals surface area contributed by atoms with Gasteiger partial charge in [-0.2, -0.15) is 13.2 Å². The van der Waals surface area contributed by atoms with Gasteiger partial charge >= 0.3 is 12.3 Å². The van der Waals surface area contributed by atoms with Crippen LogP contribution in [-0.2, 0) is 9.47 Å². The average molecular weight is 338 g/mol. The van der Waals surface area contributed by atoms with Gasteiger partial charge in [-0.25, -0.2) is 10.2 Å². The molecule has 0 aliphatic heterocycles. The summed E-state index contributed by atoms with van der Waals surface area (Å²) < 4.78 is 47.8. The van der Waals surface area contributed by atoms with Crippen LogP contribution in [0.15, 0.2) is 24.2 Å². The van der Waals surface area contributed by atoms with Crippen molar-refractivity contribution in [3.63, 3.8) is 0 Å². The second kappa shape index (κ2) is 7.69. The number of carbonyl (C=O) groups is 1. The molecule has 3 N–H and O–H groups in total. The highest BCUT2D eigenvalue weighted by molar-refractivity contribution is 5.68. The van der Waals surface area contributed by atoms with E-state index < -0.39 is 24.4 Å². The van der Waals surface area contributed by atoms with Crippen molar-refractivity contribution in [3.05, 3.63) is 24.2 Å². The van der Waals surface area contributed by atoms with Crippen LogP contribution in [0.3, 0.4) is 0 Å². The van der Waals surface area contributed by atoms with Gasteiger partial charge in [0.05, 0.1) is 12.6 Å². The van der Waals surface area contributed by atoms with Crippen molar-refractivity contribution in [3.8, 4) is 0 Å². The van der Waals surface area contributed by atoms with Gasteiger partial charge in [-0.05, 0) is 25.8 Å². The first kappa shape index (κ1) is 19.3. The number of ether oxygens (including phenoxy) is 2. The predicted octanol–water partition coefficient (Wildman–Crippen LogP) is 2.52. The number of amides is 1. The number of carbonyl (C=O) groups excluding carboxylic acids is 1. The minimum atomic E-state index is -4.83. The largest absolute Gasteiger partial charge is 0.487 e. The number of aliphatic hydroxyl groups is 1. The van der Waals surface area contributed by atoms with E-state index in [-0.39, 0.29) is 11.9 Å². The number of allylic oxidation sites excluding steroid dienone is 2. The van der Waals surface area contributed by atoms with Crippen molar-refractivity contribution in [1.82, 2.24) is 10.9 Å². The highest BCUT2D eigenvalue weighted by Gasteiger charge is 2.49. The van der Waals surface area contributed by atoms with Crippen LogP contribution in [0.25, 0.3) is 0 Å². The molecule has 1 aliphatic carbocycles. The molecular weight excluding hydrogens is 317 g/mol. The van der Waals surface area contributed by atoms with Gasteiger partial charge in [0.15, 0.2) is 17.1 Å². The molecule has 0 heterocycles. The van der Waals surface area contributed by atoms with Crippen LogP contribution in [-0.4, -0.2) is 35.6 Å². The third-order valence-corrected chi connectivity index (χ3v) is 3.05. The maximum atomic E-state index is 12.4. The van der Waals surface area contributed by atoms with Crippen molar-refractivity contribution in [1.29, 1.82) is 0 Å². The number of hydrazine groups is 1. The molecule has 1 fully saturated rings. The number of hydrogen-bond donors (Lipinski definition) is 3. The van der Waals surface area contributed by atoms with Crippen LogP contribution in [0.1, 0.15) is 33.1 Å². The van der Waals surface area contributed by atoms with Gasteiger partial charge in [-0.1, -0.05) is 13.5 Å². The van der Waals surface area contributed by atoms with E-state index in [4.69, 9.17) is 9.47 Å². The van der Waals surface area contributed by atoms with Crippen molar-refractivity contribution < 1.29 is 32.5 Å². The van der Waals surface area contributed by atoms with Crippen molar-refractivity contribution >= 4 is 6.09 Å². The Morgan fingerprint density at radius 1 is 1.43 bits per heavy atom. The summed E-state index contributed by atoms with van der Waals surface area (Å²) in [4.78, 5) is 11.6. The molecule has 0 bridgehead atoms. The minimum absolute atomic E-state index is 0.0798. The fourth-order valence-electron chi connectivity index (χ4n) is 1.42. The van der Waals surface area contributed by atoms with E-state index >= 15 is 0 Å². The van der Waals surface area contributed by atoms with E-state index in [2.05, 4.69) is 6.58 Å². The number of halogens is 3. The maximum absolute atomic E-state index is 12.4. The Labute approximate surface area is 132 Å². The zero-order valence-electron chi connectivity index (χ0n) is 13.0. The molecule has 1 aliphatic rings. The van der Waals surface area contributed by atoms with Gasteiger partial charge in [0, 0.05) is 6.42 Å². The van der Waals surface area contributed by atoms with E-state index in [9.17, 15) is 23.1 Å². The van der Waals surface area contributed by atoms with E-state index in [1.54, 1.807) is 6.92 Å². The number of hydrogen-bond acceptors (Lipinski definition) is 5. The van der Waals surface area contributed by atoms with E-state index in [0.717, 1.165) is 12.8 Å². The Balaban J connectivity index is 2.50. The second-order valence-electron chi connectivity index (χ2n) is 5.30. The number of alkyl halides is 3. The summed E-state index contributed by atoms with van der Waals surface area (Å²) in [7, 11) is 0. The molecule has 0 aromatic heterocycles. The molecule has 0 spiro atoms. The fraction of sp³-hybridized carbons (Fsp3) is 0.643. The molecule has 1 atom stereocenters. The van der Waals surface area contributed by atoms with Gasteiger partial charge in [0.25, 0.3) is 0 Å². The summed E-state index contributed by atoms with van der Waals surface area (Å²) in [5.74, 6) is 0.543. The molecule has 0 saturated heterocycles. The minimum Gasteiger partial charge on any atom is -0.487 e. The van der Waals surface area contributed by atoms with Gasteiger partial charge in [-0.15, -0.1) is 0 Å². The topological polar surface area (TPSA) is 79.8 Å². The lowest BCUT2D eigenvalue weighted by molar-refractivity contribution is -0.250. The molecule has 0 aromatic carbocycles. The highest BCUT2D eigenvalue weighted by atomic mass is 19.4. The zero-order chi connectivity index (χ0) is 17.7. The van der Waals surface area contributed by atoms with Crippen LogP contribution >= 0.6 is 0 Å². The molecule has 0 aromatic rings. The Bertz CT molecular complexity index is 471. The molecule has 1 amide bonds. The first-order valence-electron chi connectivity index (χ1n) is 7.12. The van der Waals surface area contributed by atoms with E-state index in [1.165, 1.54) is 6.08 Å². The molecule has 1 unspecified atom stereocenters. The van der Waals surface area contributed by atoms with Crippen LogP contribution in [0.2, 0.25) is 0 Å². The van der Waals surface area contributed by atoms with Crippen molar-refractivity contribution in [2.45, 2.75) is 51.0 Å². The normalized spacial score (nSPS) is 18.5. The molecule has 1 saturated carbocycles. The summed E-state index contributed by atoms with van der Waals surface area (Å²) in [5.41, 5.74) is 0.935. The molecule has 6 nitrogen and oxygen atoms in total. The van der Waals surface area contributed by atoms with Crippen molar-refractivity contribution in [2.75, 3.05) is 6.54 Å². The van der Waals surface area contributed by atoms with E-state index in [0.29, 0.717) is 19.1 Å². The van der Waals surface area contributed by atoms with Crippen molar-refractivity contribution in [2.24, 2.45) is 0 Å². The zero-order valence-corrected chi connectivity index (χ0v) is 13.0. The highest BCUT2D eigenvalue weighted by Crippen LogP contribution is 2.29. The first-order valence-corrected chi connectivity index (χ1v) is 7.12. The third kappa shape index (κ3) is 6.11. The second-order valence-corrected chi connectivity index (χ2v) is 5.30. The summed E-state index contributed by atoms with van der Waals surface area (Å²) >= 11 is 0. The van der Waals surface area contributed by atoms with Gasteiger partial charge in [0.1, 0.15) is 0 Å². The standard InChI is InChI=1S/C14H21F3N2O4/c1-4-10(22-9-6-7-9)11(5-2)23-12(20)19-18-8-13(3,21)14(15,16)17/h4,9,18,21H,1,5-8H2,2-3H3,(H,19,20)/b11-10-. The quantitative estimate of drug-likeness (QED) is 0.360. The summed E-state index contributed by atoms with van der Waals surface area (Å²) in [5, 5.41) is 9.20. The third-order valence-electron chi connectivity index (χ3n) is 3.05. The molecule has 1 rings (SSSR count). The van der Waals surface area contributed by atoms with Crippen LogP contribution < -0.4 is 10.9 Å². The lowest BCUT2D eigenvalue weighted by atomic mass is 10.1. The predicted molar refractivity (Wildman–Crippen MR) is 75.9 cm³/mol. The molecule has 23 heavy (non-hydrogen) atoms.